The molecular weight excluding hydrogens is 222 g/mol. The van der Waals surface area contributed by atoms with Crippen molar-refractivity contribution in [3.05, 3.63) is 11.3 Å². The Kier molecular flexibility index (Phi) is 5.15. The molecule has 1 N–H and O–H groups in total. The van der Waals surface area contributed by atoms with E-state index in [0.29, 0.717) is 5.25 Å². The van der Waals surface area contributed by atoms with Crippen molar-refractivity contribution < 1.29 is 4.74 Å². The van der Waals surface area contributed by atoms with Gasteiger partial charge in [-0.3, -0.25) is 0 Å². The van der Waals surface area contributed by atoms with Crippen molar-refractivity contribution in [2.75, 3.05) is 19.9 Å². The Labute approximate surface area is 102 Å². The molecule has 4 nitrogen and oxygen atoms in total. The Bertz CT molecular complexity index is 338. The Hall–Kier alpha value is -0.680. The quantitative estimate of drug-likeness (QED) is 0.823. The lowest BCUT2D eigenvalue weighted by molar-refractivity contribution is 0.368. The molecule has 1 rings (SSSR count). The van der Waals surface area contributed by atoms with E-state index in [1.807, 2.05) is 25.7 Å². The molecule has 0 spiro atoms. The highest BCUT2D eigenvalue weighted by atomic mass is 32.2. The first-order valence-electron chi connectivity index (χ1n) is 5.40. The standard InChI is InChI=1S/C11H21N3OS/c1-8(16-5)6-12-7-10-9(2)13-14(3)11(10)15-4/h8,12H,6-7H2,1-5H3. The second-order valence-electron chi connectivity index (χ2n) is 3.87. The number of aryl methyl sites for hydroxylation is 2. The molecule has 0 bridgehead atoms. The first-order chi connectivity index (χ1) is 7.60. The van der Waals surface area contributed by atoms with Crippen LogP contribution in [0.1, 0.15) is 18.2 Å². The van der Waals surface area contributed by atoms with E-state index in [0.717, 1.165) is 30.2 Å². The number of ether oxygens (including phenoxy) is 1. The van der Waals surface area contributed by atoms with Gasteiger partial charge in [-0.05, 0) is 13.2 Å². The number of aromatic nitrogens is 2. The summed E-state index contributed by atoms with van der Waals surface area (Å²) in [6.07, 6.45) is 2.13. The Balaban J connectivity index is 2.59. The van der Waals surface area contributed by atoms with Crippen LogP contribution in [0.4, 0.5) is 0 Å². The summed E-state index contributed by atoms with van der Waals surface area (Å²) in [4.78, 5) is 0. The van der Waals surface area contributed by atoms with Crippen LogP contribution in [-0.4, -0.2) is 34.9 Å². The third-order valence-corrected chi connectivity index (χ3v) is 3.59. The smallest absolute Gasteiger partial charge is 0.216 e. The van der Waals surface area contributed by atoms with Gasteiger partial charge in [0.25, 0.3) is 0 Å². The maximum atomic E-state index is 5.34. The number of methoxy groups -OCH3 is 1. The zero-order valence-corrected chi connectivity index (χ0v) is 11.5. The van der Waals surface area contributed by atoms with Crippen LogP contribution in [0.5, 0.6) is 5.88 Å². The molecule has 1 heterocycles. The molecule has 0 aliphatic carbocycles. The Morgan fingerprint density at radius 1 is 1.56 bits per heavy atom. The SMILES string of the molecule is COc1c(CNCC(C)SC)c(C)nn1C. The van der Waals surface area contributed by atoms with E-state index in [-0.39, 0.29) is 0 Å². The monoisotopic (exact) mass is 243 g/mol. The van der Waals surface area contributed by atoms with Crippen LogP contribution < -0.4 is 10.1 Å². The number of rotatable bonds is 6. The van der Waals surface area contributed by atoms with Gasteiger partial charge in [-0.15, -0.1) is 0 Å². The average Bonchev–Trinajstić information content (AvgIpc) is 2.53. The fourth-order valence-corrected chi connectivity index (χ4v) is 1.91. The molecule has 0 amide bonds. The van der Waals surface area contributed by atoms with Crippen LogP contribution in [0.2, 0.25) is 0 Å². The Morgan fingerprint density at radius 3 is 2.81 bits per heavy atom. The second-order valence-corrected chi connectivity index (χ2v) is 5.15. The highest BCUT2D eigenvalue weighted by molar-refractivity contribution is 7.99. The van der Waals surface area contributed by atoms with E-state index < -0.39 is 0 Å². The number of hydrogen-bond acceptors (Lipinski definition) is 4. The van der Waals surface area contributed by atoms with Gasteiger partial charge >= 0.3 is 0 Å². The summed E-state index contributed by atoms with van der Waals surface area (Å²) in [6, 6.07) is 0. The Morgan fingerprint density at radius 2 is 2.25 bits per heavy atom. The minimum Gasteiger partial charge on any atom is -0.481 e. The lowest BCUT2D eigenvalue weighted by Gasteiger charge is -2.10. The van der Waals surface area contributed by atoms with E-state index in [9.17, 15) is 0 Å². The maximum Gasteiger partial charge on any atom is 0.216 e. The average molecular weight is 243 g/mol. The molecule has 0 aliphatic heterocycles. The van der Waals surface area contributed by atoms with Gasteiger partial charge in [-0.2, -0.15) is 16.9 Å². The molecular formula is C11H21N3OS. The third kappa shape index (κ3) is 3.15. The van der Waals surface area contributed by atoms with Crippen molar-refractivity contribution in [2.45, 2.75) is 25.6 Å². The zero-order valence-electron chi connectivity index (χ0n) is 10.7. The highest BCUT2D eigenvalue weighted by Crippen LogP contribution is 2.20. The van der Waals surface area contributed by atoms with Gasteiger partial charge < -0.3 is 10.1 Å². The number of thioether (sulfide) groups is 1. The minimum absolute atomic E-state index is 0.628. The summed E-state index contributed by atoms with van der Waals surface area (Å²) in [5.41, 5.74) is 2.18. The fraction of sp³-hybridized carbons (Fsp3) is 0.727. The lowest BCUT2D eigenvalue weighted by atomic mass is 10.2. The first kappa shape index (κ1) is 13.4. The van der Waals surface area contributed by atoms with Crippen molar-refractivity contribution in [3.63, 3.8) is 0 Å². The molecule has 1 aromatic heterocycles. The van der Waals surface area contributed by atoms with Gasteiger partial charge in [0.2, 0.25) is 5.88 Å². The van der Waals surface area contributed by atoms with Crippen molar-refractivity contribution in [1.29, 1.82) is 0 Å². The van der Waals surface area contributed by atoms with Gasteiger partial charge in [0.1, 0.15) is 0 Å². The van der Waals surface area contributed by atoms with Gasteiger partial charge in [0.15, 0.2) is 0 Å². The topological polar surface area (TPSA) is 39.1 Å². The molecule has 0 saturated carbocycles. The highest BCUT2D eigenvalue weighted by Gasteiger charge is 2.13. The van der Waals surface area contributed by atoms with E-state index >= 15 is 0 Å². The van der Waals surface area contributed by atoms with Gasteiger partial charge in [0, 0.05) is 25.4 Å². The van der Waals surface area contributed by atoms with Crippen molar-refractivity contribution in [2.24, 2.45) is 7.05 Å². The normalized spacial score (nSPS) is 12.8. The second kappa shape index (κ2) is 6.15. The molecule has 5 heteroatoms. The molecule has 1 atom stereocenters. The summed E-state index contributed by atoms with van der Waals surface area (Å²) in [6.45, 7) is 6.04. The van der Waals surface area contributed by atoms with Crippen molar-refractivity contribution in [3.8, 4) is 5.88 Å². The van der Waals surface area contributed by atoms with Crippen LogP contribution in [0, 0.1) is 6.92 Å². The lowest BCUT2D eigenvalue weighted by Crippen LogP contribution is -2.22. The van der Waals surface area contributed by atoms with Crippen molar-refractivity contribution in [1.82, 2.24) is 15.1 Å². The third-order valence-electron chi connectivity index (χ3n) is 2.62. The summed E-state index contributed by atoms with van der Waals surface area (Å²) in [7, 11) is 3.59. The number of nitrogens with one attached hydrogen (secondary N) is 1. The molecule has 0 aliphatic rings. The molecule has 0 fully saturated rings. The van der Waals surface area contributed by atoms with E-state index in [1.54, 1.807) is 11.8 Å². The van der Waals surface area contributed by atoms with E-state index in [4.69, 9.17) is 4.74 Å². The summed E-state index contributed by atoms with van der Waals surface area (Å²) in [5, 5.41) is 8.40. The van der Waals surface area contributed by atoms with Crippen molar-refractivity contribution >= 4 is 11.8 Å². The molecule has 1 unspecified atom stereocenters. The van der Waals surface area contributed by atoms with Crippen LogP contribution >= 0.6 is 11.8 Å². The minimum atomic E-state index is 0.628. The summed E-state index contributed by atoms with van der Waals surface area (Å²) < 4.78 is 7.12. The molecule has 16 heavy (non-hydrogen) atoms. The summed E-state index contributed by atoms with van der Waals surface area (Å²) in [5.74, 6) is 0.849. The first-order valence-corrected chi connectivity index (χ1v) is 6.68. The van der Waals surface area contributed by atoms with E-state index in [1.165, 1.54) is 0 Å². The fourth-order valence-electron chi connectivity index (χ4n) is 1.62. The maximum absolute atomic E-state index is 5.34. The molecule has 92 valence electrons. The zero-order chi connectivity index (χ0) is 12.1. The largest absolute Gasteiger partial charge is 0.481 e. The van der Waals surface area contributed by atoms with Gasteiger partial charge in [0.05, 0.1) is 18.4 Å². The molecule has 1 aromatic rings. The van der Waals surface area contributed by atoms with Gasteiger partial charge in [-0.1, -0.05) is 6.92 Å². The van der Waals surface area contributed by atoms with Crippen LogP contribution in [0.25, 0.3) is 0 Å². The number of nitrogens with zero attached hydrogens (tertiary/aromatic N) is 2. The molecule has 0 saturated heterocycles. The predicted molar refractivity (Wildman–Crippen MR) is 69.2 cm³/mol. The predicted octanol–water partition coefficient (Wildman–Crippen LogP) is 1.58. The van der Waals surface area contributed by atoms with Crippen LogP contribution in [0.15, 0.2) is 0 Å². The van der Waals surface area contributed by atoms with Crippen LogP contribution in [0.3, 0.4) is 0 Å². The molecule has 0 aromatic carbocycles. The van der Waals surface area contributed by atoms with E-state index in [2.05, 4.69) is 23.6 Å². The molecule has 0 radical (unpaired) electrons. The number of hydrogen-bond donors (Lipinski definition) is 1. The van der Waals surface area contributed by atoms with Crippen LogP contribution in [-0.2, 0) is 13.6 Å². The van der Waals surface area contributed by atoms with Gasteiger partial charge in [-0.25, -0.2) is 4.68 Å². The summed E-state index contributed by atoms with van der Waals surface area (Å²) >= 11 is 1.86.